The Morgan fingerprint density at radius 1 is 1.23 bits per heavy atom. The van der Waals surface area contributed by atoms with Gasteiger partial charge in [0.15, 0.2) is 0 Å². The van der Waals surface area contributed by atoms with Crippen molar-refractivity contribution >= 4 is 11.6 Å². The van der Waals surface area contributed by atoms with Crippen molar-refractivity contribution in [3.05, 3.63) is 0 Å². The van der Waals surface area contributed by atoms with Gasteiger partial charge in [-0.3, -0.25) is 9.59 Å². The van der Waals surface area contributed by atoms with Crippen LogP contribution in [0.2, 0.25) is 0 Å². The highest BCUT2D eigenvalue weighted by Gasteiger charge is 2.39. The van der Waals surface area contributed by atoms with E-state index in [1.165, 1.54) is 0 Å². The molecule has 1 fully saturated rings. The van der Waals surface area contributed by atoms with Gasteiger partial charge < -0.3 is 0 Å². The molecule has 0 aromatic heterocycles. The minimum absolute atomic E-state index is 0.127. The van der Waals surface area contributed by atoms with Crippen LogP contribution in [0.25, 0.3) is 0 Å². The average molecular weight is 194 g/mol. The fourth-order valence-corrected chi connectivity index (χ4v) is 0.995. The quantitative estimate of drug-likeness (QED) is 0.640. The second-order valence-corrected chi connectivity index (χ2v) is 3.28. The van der Waals surface area contributed by atoms with Crippen LogP contribution < -0.4 is 0 Å². The van der Waals surface area contributed by atoms with Gasteiger partial charge in [0.2, 0.25) is 5.78 Å². The van der Waals surface area contributed by atoms with Gasteiger partial charge in [-0.15, -0.1) is 0 Å². The van der Waals surface area contributed by atoms with Crippen molar-refractivity contribution in [2.45, 2.75) is 31.9 Å². The molecule has 0 bridgehead atoms. The Bertz CT molecular complexity index is 228. The van der Waals surface area contributed by atoms with Crippen molar-refractivity contribution in [3.63, 3.8) is 0 Å². The van der Waals surface area contributed by atoms with E-state index >= 15 is 0 Å². The zero-order chi connectivity index (χ0) is 10.1. The molecule has 0 unspecified atom stereocenters. The molecule has 1 aliphatic carbocycles. The van der Waals surface area contributed by atoms with E-state index in [1.807, 2.05) is 0 Å². The molecule has 1 rings (SSSR count). The first kappa shape index (κ1) is 10.2. The summed E-state index contributed by atoms with van der Waals surface area (Å²) in [5.41, 5.74) is 0. The summed E-state index contributed by atoms with van der Waals surface area (Å²) < 4.78 is 35.0. The van der Waals surface area contributed by atoms with E-state index in [1.54, 1.807) is 0 Å². The monoisotopic (exact) mass is 194 g/mol. The van der Waals surface area contributed by atoms with Crippen LogP contribution in [0.4, 0.5) is 13.2 Å². The molecule has 13 heavy (non-hydrogen) atoms. The third-order valence-electron chi connectivity index (χ3n) is 1.89. The standard InChI is InChI=1S/C8H9F3O2/c9-8(10,11)7(13)4-6(12)3-5-1-2-5/h5H,1-4H2. The Morgan fingerprint density at radius 3 is 2.15 bits per heavy atom. The van der Waals surface area contributed by atoms with Crippen molar-refractivity contribution in [2.24, 2.45) is 5.92 Å². The summed E-state index contributed by atoms with van der Waals surface area (Å²) >= 11 is 0. The van der Waals surface area contributed by atoms with Crippen LogP contribution in [0.1, 0.15) is 25.7 Å². The smallest absolute Gasteiger partial charge is 0.299 e. The Labute approximate surface area is 73.1 Å². The van der Waals surface area contributed by atoms with Crippen LogP contribution in [0.15, 0.2) is 0 Å². The Kier molecular flexibility index (Phi) is 2.73. The maximum atomic E-state index is 11.7. The molecule has 0 atom stereocenters. The number of carbonyl (C=O) groups excluding carboxylic acids is 2. The first-order chi connectivity index (χ1) is 5.89. The summed E-state index contributed by atoms with van der Waals surface area (Å²) in [6.07, 6.45) is -3.93. The Balaban J connectivity index is 2.30. The zero-order valence-electron chi connectivity index (χ0n) is 6.86. The lowest BCUT2D eigenvalue weighted by atomic mass is 10.1. The van der Waals surface area contributed by atoms with Crippen LogP contribution in [0.5, 0.6) is 0 Å². The largest absolute Gasteiger partial charge is 0.450 e. The van der Waals surface area contributed by atoms with E-state index in [2.05, 4.69) is 0 Å². The van der Waals surface area contributed by atoms with E-state index in [9.17, 15) is 22.8 Å². The van der Waals surface area contributed by atoms with Gasteiger partial charge in [-0.05, 0) is 18.8 Å². The predicted molar refractivity (Wildman–Crippen MR) is 38.0 cm³/mol. The third-order valence-corrected chi connectivity index (χ3v) is 1.89. The predicted octanol–water partition coefficient (Wildman–Crippen LogP) is 1.88. The van der Waals surface area contributed by atoms with Crippen molar-refractivity contribution in [1.82, 2.24) is 0 Å². The van der Waals surface area contributed by atoms with Gasteiger partial charge >= 0.3 is 6.18 Å². The molecule has 0 spiro atoms. The van der Waals surface area contributed by atoms with Gasteiger partial charge in [0, 0.05) is 6.42 Å². The highest BCUT2D eigenvalue weighted by Crippen LogP contribution is 2.33. The lowest BCUT2D eigenvalue weighted by Gasteiger charge is -2.03. The molecule has 0 N–H and O–H groups in total. The van der Waals surface area contributed by atoms with Crippen LogP contribution in [0, 0.1) is 5.92 Å². The van der Waals surface area contributed by atoms with Gasteiger partial charge in [-0.1, -0.05) is 0 Å². The molecule has 0 amide bonds. The summed E-state index contributed by atoms with van der Waals surface area (Å²) in [6, 6.07) is 0. The molecule has 0 heterocycles. The number of rotatable bonds is 4. The summed E-state index contributed by atoms with van der Waals surface area (Å²) in [4.78, 5) is 21.2. The maximum absolute atomic E-state index is 11.7. The second kappa shape index (κ2) is 3.47. The van der Waals surface area contributed by atoms with Gasteiger partial charge in [0.1, 0.15) is 5.78 Å². The average Bonchev–Trinajstić information content (AvgIpc) is 2.68. The SMILES string of the molecule is O=C(CC(=O)C(F)(F)F)CC1CC1. The first-order valence-electron chi connectivity index (χ1n) is 4.01. The van der Waals surface area contributed by atoms with Crippen molar-refractivity contribution in [1.29, 1.82) is 0 Å². The maximum Gasteiger partial charge on any atom is 0.450 e. The van der Waals surface area contributed by atoms with Crippen LogP contribution in [-0.2, 0) is 9.59 Å². The van der Waals surface area contributed by atoms with E-state index in [0.717, 1.165) is 12.8 Å². The molecule has 1 aliphatic rings. The van der Waals surface area contributed by atoms with Gasteiger partial charge in [-0.2, -0.15) is 13.2 Å². The first-order valence-corrected chi connectivity index (χ1v) is 4.01. The van der Waals surface area contributed by atoms with Crippen molar-refractivity contribution in [3.8, 4) is 0 Å². The van der Waals surface area contributed by atoms with E-state index in [0.29, 0.717) is 0 Å². The molecule has 0 radical (unpaired) electrons. The van der Waals surface area contributed by atoms with E-state index in [-0.39, 0.29) is 12.3 Å². The minimum atomic E-state index is -4.86. The molecule has 0 aromatic rings. The highest BCUT2D eigenvalue weighted by molar-refractivity contribution is 6.01. The molecular weight excluding hydrogens is 185 g/mol. The van der Waals surface area contributed by atoms with Gasteiger partial charge in [0.25, 0.3) is 0 Å². The summed E-state index contributed by atoms with van der Waals surface area (Å²) in [6.45, 7) is 0. The lowest BCUT2D eigenvalue weighted by molar-refractivity contribution is -0.171. The molecule has 74 valence electrons. The molecule has 0 aromatic carbocycles. The number of hydrogen-bond acceptors (Lipinski definition) is 2. The normalized spacial score (nSPS) is 17.2. The molecule has 0 saturated heterocycles. The number of Topliss-reactive ketones (excluding diaryl/α,β-unsaturated/α-hetero) is 2. The zero-order valence-corrected chi connectivity index (χ0v) is 6.86. The summed E-state index contributed by atoms with van der Waals surface area (Å²) in [5.74, 6) is -2.29. The Hall–Kier alpha value is -0.870. The molecule has 0 aliphatic heterocycles. The van der Waals surface area contributed by atoms with Gasteiger partial charge in [0.05, 0.1) is 6.42 Å². The fourth-order valence-electron chi connectivity index (χ4n) is 0.995. The number of hydrogen-bond donors (Lipinski definition) is 0. The summed E-state index contributed by atoms with van der Waals surface area (Å²) in [7, 11) is 0. The third kappa shape index (κ3) is 3.57. The number of carbonyl (C=O) groups is 2. The van der Waals surface area contributed by atoms with E-state index in [4.69, 9.17) is 0 Å². The molecule has 5 heteroatoms. The van der Waals surface area contributed by atoms with Gasteiger partial charge in [-0.25, -0.2) is 0 Å². The topological polar surface area (TPSA) is 34.1 Å². The molecule has 1 saturated carbocycles. The fraction of sp³-hybridized carbons (Fsp3) is 0.750. The van der Waals surface area contributed by atoms with Crippen LogP contribution >= 0.6 is 0 Å². The van der Waals surface area contributed by atoms with Crippen molar-refractivity contribution < 1.29 is 22.8 Å². The molecule has 2 nitrogen and oxygen atoms in total. The van der Waals surface area contributed by atoms with Crippen LogP contribution in [-0.4, -0.2) is 17.7 Å². The van der Waals surface area contributed by atoms with Crippen molar-refractivity contribution in [2.75, 3.05) is 0 Å². The molecular formula is C8H9F3O2. The minimum Gasteiger partial charge on any atom is -0.299 e. The number of ketones is 2. The second-order valence-electron chi connectivity index (χ2n) is 3.28. The van der Waals surface area contributed by atoms with E-state index < -0.39 is 24.2 Å². The number of halogens is 3. The lowest BCUT2D eigenvalue weighted by Crippen LogP contribution is -2.25. The summed E-state index contributed by atoms with van der Waals surface area (Å²) in [5, 5.41) is 0. The Morgan fingerprint density at radius 2 is 1.77 bits per heavy atom. The number of alkyl halides is 3. The highest BCUT2D eigenvalue weighted by atomic mass is 19.4. The van der Waals surface area contributed by atoms with Crippen LogP contribution in [0.3, 0.4) is 0 Å².